The molecule has 2 aromatic carbocycles. The van der Waals surface area contributed by atoms with Crippen LogP contribution in [0.1, 0.15) is 29.7 Å². The van der Waals surface area contributed by atoms with Crippen LogP contribution >= 0.6 is 11.6 Å². The first kappa shape index (κ1) is 22.8. The van der Waals surface area contributed by atoms with Crippen molar-refractivity contribution < 1.29 is 33.9 Å². The van der Waals surface area contributed by atoms with Crippen molar-refractivity contribution in [2.24, 2.45) is 0 Å². The first-order chi connectivity index (χ1) is 14.4. The number of alkyl halides is 1. The Kier molecular flexibility index (Phi) is 7.55. The summed E-state index contributed by atoms with van der Waals surface area (Å²) < 4.78 is 30.5. The quantitative estimate of drug-likeness (QED) is 0.613. The number of hydrogen-bond donors (Lipinski definition) is 3. The summed E-state index contributed by atoms with van der Waals surface area (Å²) in [5.74, 6) is 1.10. The molecule has 3 N–H and O–H groups in total. The number of aliphatic hydroxyl groups excluding tert-OH is 3. The third kappa shape index (κ3) is 4.71. The van der Waals surface area contributed by atoms with Crippen molar-refractivity contribution in [1.29, 1.82) is 0 Å². The molecule has 0 aliphatic carbocycles. The van der Waals surface area contributed by atoms with E-state index in [0.717, 1.165) is 16.9 Å². The highest BCUT2D eigenvalue weighted by Gasteiger charge is 2.46. The summed E-state index contributed by atoms with van der Waals surface area (Å²) in [4.78, 5) is 0. The summed E-state index contributed by atoms with van der Waals surface area (Å²) in [5.41, 5.74) is 2.14. The van der Waals surface area contributed by atoms with Gasteiger partial charge in [0.05, 0.1) is 20.3 Å². The minimum Gasteiger partial charge on any atom is -0.496 e. The van der Waals surface area contributed by atoms with Crippen LogP contribution in [-0.2, 0) is 11.2 Å². The summed E-state index contributed by atoms with van der Waals surface area (Å²) in [6.07, 6.45) is -6.99. The molecule has 0 bridgehead atoms. The molecular weight excluding hydrogens is 415 g/mol. The van der Waals surface area contributed by atoms with Crippen LogP contribution in [-0.4, -0.2) is 60.1 Å². The molecule has 1 aliphatic heterocycles. The van der Waals surface area contributed by atoms with Gasteiger partial charge in [-0.1, -0.05) is 23.7 Å². The highest BCUT2D eigenvalue weighted by Crippen LogP contribution is 2.40. The van der Waals surface area contributed by atoms with Crippen LogP contribution in [0.15, 0.2) is 36.4 Å². The van der Waals surface area contributed by atoms with Crippen LogP contribution in [0.25, 0.3) is 0 Å². The fourth-order valence-corrected chi connectivity index (χ4v) is 3.80. The number of ether oxygens (including phenoxy) is 3. The second kappa shape index (κ2) is 9.94. The molecule has 0 radical (unpaired) electrons. The Labute approximate surface area is 179 Å². The lowest BCUT2D eigenvalue weighted by Gasteiger charge is -2.39. The lowest BCUT2D eigenvalue weighted by molar-refractivity contribution is -0.214. The van der Waals surface area contributed by atoms with E-state index in [2.05, 4.69) is 0 Å². The van der Waals surface area contributed by atoms with E-state index in [4.69, 9.17) is 25.8 Å². The van der Waals surface area contributed by atoms with Gasteiger partial charge in [0.25, 0.3) is 0 Å². The van der Waals surface area contributed by atoms with E-state index >= 15 is 0 Å². The minimum atomic E-state index is -1.90. The van der Waals surface area contributed by atoms with Crippen molar-refractivity contribution in [3.05, 3.63) is 58.1 Å². The summed E-state index contributed by atoms with van der Waals surface area (Å²) in [6, 6.07) is 10.9. The molecule has 1 heterocycles. The van der Waals surface area contributed by atoms with Gasteiger partial charge in [0, 0.05) is 10.6 Å². The predicted octanol–water partition coefficient (Wildman–Crippen LogP) is 2.83. The van der Waals surface area contributed by atoms with Gasteiger partial charge in [0.15, 0.2) is 6.17 Å². The highest BCUT2D eigenvalue weighted by atomic mass is 35.5. The number of rotatable bonds is 7. The van der Waals surface area contributed by atoms with Gasteiger partial charge in [-0.05, 0) is 48.7 Å². The Morgan fingerprint density at radius 2 is 1.83 bits per heavy atom. The molecule has 1 aliphatic rings. The molecule has 1 saturated heterocycles. The SMILES string of the molecule is CCOc1ccc(Cc2cc([C@@H]3O[C@H](CO)[C@H](F)[C@H](O)[C@@H]3O)c(OC)cc2Cl)cc1. The van der Waals surface area contributed by atoms with Crippen molar-refractivity contribution in [2.75, 3.05) is 20.3 Å². The predicted molar refractivity (Wildman–Crippen MR) is 110 cm³/mol. The fourth-order valence-electron chi connectivity index (χ4n) is 3.58. The molecule has 0 spiro atoms. The summed E-state index contributed by atoms with van der Waals surface area (Å²) in [7, 11) is 1.44. The van der Waals surface area contributed by atoms with Gasteiger partial charge >= 0.3 is 0 Å². The molecule has 8 heteroatoms. The molecule has 0 saturated carbocycles. The molecule has 1 fully saturated rings. The Hall–Kier alpha value is -1.90. The van der Waals surface area contributed by atoms with Crippen LogP contribution < -0.4 is 9.47 Å². The number of methoxy groups -OCH3 is 1. The van der Waals surface area contributed by atoms with E-state index in [1.807, 2.05) is 31.2 Å². The molecule has 3 rings (SSSR count). The van der Waals surface area contributed by atoms with Crippen molar-refractivity contribution >= 4 is 11.6 Å². The van der Waals surface area contributed by atoms with Gasteiger partial charge in [-0.15, -0.1) is 0 Å². The van der Waals surface area contributed by atoms with E-state index in [1.54, 1.807) is 12.1 Å². The second-order valence-corrected chi connectivity index (χ2v) is 7.55. The smallest absolute Gasteiger partial charge is 0.157 e. The topological polar surface area (TPSA) is 88.4 Å². The number of hydrogen-bond acceptors (Lipinski definition) is 6. The van der Waals surface area contributed by atoms with Crippen molar-refractivity contribution in [3.8, 4) is 11.5 Å². The minimum absolute atomic E-state index is 0.334. The average Bonchev–Trinajstić information content (AvgIpc) is 2.75. The highest BCUT2D eigenvalue weighted by molar-refractivity contribution is 6.31. The maximum absolute atomic E-state index is 14.1. The first-order valence-electron chi connectivity index (χ1n) is 9.74. The zero-order chi connectivity index (χ0) is 21.8. The van der Waals surface area contributed by atoms with Gasteiger partial charge < -0.3 is 29.5 Å². The number of benzene rings is 2. The molecule has 6 nitrogen and oxygen atoms in total. The zero-order valence-corrected chi connectivity index (χ0v) is 17.6. The van der Waals surface area contributed by atoms with Crippen LogP contribution in [0.3, 0.4) is 0 Å². The Bertz CT molecular complexity index is 844. The molecular formula is C22H26ClFO6. The first-order valence-corrected chi connectivity index (χ1v) is 10.1. The molecule has 5 atom stereocenters. The van der Waals surface area contributed by atoms with Crippen molar-refractivity contribution in [1.82, 2.24) is 0 Å². The van der Waals surface area contributed by atoms with Gasteiger partial charge in [0.2, 0.25) is 0 Å². The Morgan fingerprint density at radius 3 is 2.43 bits per heavy atom. The normalized spacial score (nSPS) is 26.4. The second-order valence-electron chi connectivity index (χ2n) is 7.14. The largest absolute Gasteiger partial charge is 0.496 e. The Balaban J connectivity index is 1.93. The molecule has 0 amide bonds. The van der Waals surface area contributed by atoms with E-state index < -0.39 is 37.2 Å². The molecule has 30 heavy (non-hydrogen) atoms. The van der Waals surface area contributed by atoms with Gasteiger partial charge in [-0.2, -0.15) is 0 Å². The summed E-state index contributed by atoms with van der Waals surface area (Å²) >= 11 is 6.44. The van der Waals surface area contributed by atoms with Gasteiger partial charge in [-0.25, -0.2) is 4.39 Å². The standard InChI is InChI=1S/C22H26ClFO6/c1-3-29-14-6-4-12(5-7-14)8-13-9-15(17(28-2)10-16(13)23)22-21(27)20(26)19(24)18(11-25)30-22/h4-7,9-10,18-22,25-27H,3,8,11H2,1-2H3/t18-,19+,20+,21+,22+/m1/s1. The van der Waals surface area contributed by atoms with E-state index in [-0.39, 0.29) is 0 Å². The van der Waals surface area contributed by atoms with E-state index in [9.17, 15) is 19.7 Å². The third-order valence-electron chi connectivity index (χ3n) is 5.18. The monoisotopic (exact) mass is 440 g/mol. The fraction of sp³-hybridized carbons (Fsp3) is 0.455. The zero-order valence-electron chi connectivity index (χ0n) is 16.8. The summed E-state index contributed by atoms with van der Waals surface area (Å²) in [5, 5.41) is 30.3. The average molecular weight is 441 g/mol. The van der Waals surface area contributed by atoms with E-state index in [1.165, 1.54) is 7.11 Å². The van der Waals surface area contributed by atoms with E-state index in [0.29, 0.717) is 29.4 Å². The molecule has 164 valence electrons. The lowest BCUT2D eigenvalue weighted by atomic mass is 9.90. The van der Waals surface area contributed by atoms with Crippen molar-refractivity contribution in [3.63, 3.8) is 0 Å². The van der Waals surface area contributed by atoms with Crippen LogP contribution in [0.2, 0.25) is 5.02 Å². The lowest BCUT2D eigenvalue weighted by Crippen LogP contribution is -2.53. The number of halogens is 2. The third-order valence-corrected chi connectivity index (χ3v) is 5.53. The Morgan fingerprint density at radius 1 is 1.13 bits per heavy atom. The number of aliphatic hydroxyl groups is 3. The summed E-state index contributed by atoms with van der Waals surface area (Å²) in [6.45, 7) is 1.87. The molecule has 0 unspecified atom stereocenters. The van der Waals surface area contributed by atoms with Crippen LogP contribution in [0, 0.1) is 0 Å². The van der Waals surface area contributed by atoms with Crippen molar-refractivity contribution in [2.45, 2.75) is 43.9 Å². The maximum atomic E-state index is 14.1. The van der Waals surface area contributed by atoms with Crippen LogP contribution in [0.4, 0.5) is 4.39 Å². The molecule has 0 aromatic heterocycles. The van der Waals surface area contributed by atoms with Gasteiger partial charge in [0.1, 0.15) is 35.9 Å². The molecule has 2 aromatic rings. The van der Waals surface area contributed by atoms with Gasteiger partial charge in [-0.3, -0.25) is 0 Å². The maximum Gasteiger partial charge on any atom is 0.157 e. The van der Waals surface area contributed by atoms with Crippen LogP contribution in [0.5, 0.6) is 11.5 Å².